The van der Waals surface area contributed by atoms with E-state index in [1.807, 2.05) is 0 Å². The summed E-state index contributed by atoms with van der Waals surface area (Å²) in [6, 6.07) is 5.33. The van der Waals surface area contributed by atoms with Crippen molar-refractivity contribution >= 4 is 66.4 Å². The topological polar surface area (TPSA) is 109 Å². The third kappa shape index (κ3) is 5.24. The molecule has 0 saturated carbocycles. The van der Waals surface area contributed by atoms with Crippen LogP contribution in [-0.2, 0) is 29.6 Å². The molecule has 2 aromatic rings. The summed E-state index contributed by atoms with van der Waals surface area (Å²) in [5.41, 5.74) is -14.8. The van der Waals surface area contributed by atoms with Gasteiger partial charge in [0.1, 0.15) is 0 Å². The fourth-order valence-corrected chi connectivity index (χ4v) is 4.32. The van der Waals surface area contributed by atoms with Gasteiger partial charge in [0.05, 0.1) is 11.4 Å². The van der Waals surface area contributed by atoms with Gasteiger partial charge in [0, 0.05) is 10.0 Å². The van der Waals surface area contributed by atoms with Gasteiger partial charge in [-0.2, -0.15) is 51.8 Å². The van der Waals surface area contributed by atoms with E-state index < -0.39 is 62.9 Å². The Labute approximate surface area is 197 Å². The number of anilines is 2. The molecule has 0 aromatic heterocycles. The lowest BCUT2D eigenvalue weighted by molar-refractivity contribution is -0.135. The van der Waals surface area contributed by atoms with Crippen molar-refractivity contribution in [2.24, 2.45) is 0 Å². The van der Waals surface area contributed by atoms with Crippen molar-refractivity contribution in [1.82, 2.24) is 0 Å². The van der Waals surface area contributed by atoms with Crippen molar-refractivity contribution in [2.45, 2.75) is 11.0 Å². The van der Waals surface area contributed by atoms with E-state index >= 15 is 0 Å². The summed E-state index contributed by atoms with van der Waals surface area (Å²) < 4.78 is 125. The van der Waals surface area contributed by atoms with Crippen molar-refractivity contribution in [3.63, 3.8) is 0 Å². The molecule has 2 rings (SSSR count). The summed E-state index contributed by atoms with van der Waals surface area (Å²) in [4.78, 5) is 25.3. The van der Waals surface area contributed by atoms with Gasteiger partial charge in [-0.1, -0.05) is 23.2 Å². The molecule has 0 N–H and O–H groups in total. The van der Waals surface area contributed by atoms with Crippen LogP contribution in [0.25, 0.3) is 0 Å². The molecule has 0 spiro atoms. The predicted molar refractivity (Wildman–Crippen MR) is 108 cm³/mol. The molecular formula is C16H8Cl2F6N2O6S2. The maximum absolute atomic E-state index is 13.2. The molecule has 0 fully saturated rings. The Morgan fingerprint density at radius 1 is 0.588 bits per heavy atom. The molecule has 0 aliphatic carbocycles. The first-order chi connectivity index (χ1) is 15.3. The summed E-state index contributed by atoms with van der Waals surface area (Å²) >= 11 is 11.1. The number of hydrogen-bond donors (Lipinski definition) is 0. The summed E-state index contributed by atoms with van der Waals surface area (Å²) in [6.45, 7) is 0. The third-order valence-electron chi connectivity index (χ3n) is 3.74. The third-order valence-corrected chi connectivity index (χ3v) is 7.13. The maximum Gasteiger partial charge on any atom is 0.517 e. The van der Waals surface area contributed by atoms with Crippen LogP contribution in [0.4, 0.5) is 37.7 Å². The first kappa shape index (κ1) is 27.7. The highest BCUT2D eigenvalue weighted by atomic mass is 35.5. The van der Waals surface area contributed by atoms with E-state index in [1.54, 1.807) is 0 Å². The fraction of sp³-hybridized carbons (Fsp3) is 0.125. The standard InChI is InChI=1S/C16H8Cl2F6N2O6S2/c17-9-1-5-11(6-2-9)25(33(29,30)15(19,20)21)13(27)14(28)26(34(31,32)16(22,23)24)12-7-3-10(18)4-8-12/h1-8H. The summed E-state index contributed by atoms with van der Waals surface area (Å²) in [5, 5.41) is -0.316. The van der Waals surface area contributed by atoms with Crippen LogP contribution in [0.15, 0.2) is 48.5 Å². The molecule has 18 heteroatoms. The molecule has 0 unspecified atom stereocenters. The molecule has 0 saturated heterocycles. The molecule has 34 heavy (non-hydrogen) atoms. The van der Waals surface area contributed by atoms with Gasteiger partial charge >= 0.3 is 42.9 Å². The molecular weight excluding hydrogens is 565 g/mol. The van der Waals surface area contributed by atoms with Crippen LogP contribution in [0.2, 0.25) is 10.0 Å². The van der Waals surface area contributed by atoms with E-state index in [0.29, 0.717) is 24.3 Å². The number of sulfonamides is 2. The number of carbonyl (C=O) groups is 2. The second-order valence-corrected chi connectivity index (χ2v) is 10.4. The fourth-order valence-electron chi connectivity index (χ4n) is 2.26. The van der Waals surface area contributed by atoms with Crippen LogP contribution < -0.4 is 8.61 Å². The van der Waals surface area contributed by atoms with Crippen molar-refractivity contribution in [2.75, 3.05) is 8.61 Å². The molecule has 186 valence electrons. The highest BCUT2D eigenvalue weighted by Gasteiger charge is 2.57. The quantitative estimate of drug-likeness (QED) is 0.404. The molecule has 2 aromatic carbocycles. The Balaban J connectivity index is 2.78. The Bertz CT molecular complexity index is 1210. The molecule has 8 nitrogen and oxygen atoms in total. The number of hydrogen-bond acceptors (Lipinski definition) is 6. The van der Waals surface area contributed by atoms with E-state index in [4.69, 9.17) is 23.2 Å². The number of amides is 2. The Hall–Kier alpha value is -2.56. The van der Waals surface area contributed by atoms with Gasteiger partial charge < -0.3 is 0 Å². The van der Waals surface area contributed by atoms with Gasteiger partial charge in [0.2, 0.25) is 0 Å². The van der Waals surface area contributed by atoms with Gasteiger partial charge in [-0.05, 0) is 48.5 Å². The number of rotatable bonds is 4. The summed E-state index contributed by atoms with van der Waals surface area (Å²) in [6.07, 6.45) is 0. The number of nitrogens with zero attached hydrogens (tertiary/aromatic N) is 2. The van der Waals surface area contributed by atoms with Crippen LogP contribution >= 0.6 is 23.2 Å². The summed E-state index contributed by atoms with van der Waals surface area (Å²) in [7, 11) is -13.5. The SMILES string of the molecule is O=C(C(=O)N(c1ccc(Cl)cc1)S(=O)(=O)C(F)(F)F)N(c1ccc(Cl)cc1)S(=O)(=O)C(F)(F)F. The minimum atomic E-state index is -6.76. The van der Waals surface area contributed by atoms with Crippen LogP contribution in [0.3, 0.4) is 0 Å². The first-order valence-corrected chi connectivity index (χ1v) is 11.8. The smallest absolute Gasteiger partial charge is 0.262 e. The lowest BCUT2D eigenvalue weighted by Gasteiger charge is -2.27. The van der Waals surface area contributed by atoms with Crippen molar-refractivity contribution in [1.29, 1.82) is 0 Å². The molecule has 0 bridgehead atoms. The lowest BCUT2D eigenvalue weighted by atomic mass is 10.3. The van der Waals surface area contributed by atoms with Gasteiger partial charge in [-0.15, -0.1) is 0 Å². The second-order valence-electron chi connectivity index (χ2n) is 5.99. The van der Waals surface area contributed by atoms with Crippen LogP contribution in [0.1, 0.15) is 0 Å². The molecule has 0 atom stereocenters. The van der Waals surface area contributed by atoms with Crippen molar-refractivity contribution in [3.8, 4) is 0 Å². The van der Waals surface area contributed by atoms with Gasteiger partial charge in [0.15, 0.2) is 0 Å². The van der Waals surface area contributed by atoms with E-state index in [-0.39, 0.29) is 10.0 Å². The zero-order valence-electron chi connectivity index (χ0n) is 15.8. The zero-order valence-corrected chi connectivity index (χ0v) is 18.9. The summed E-state index contributed by atoms with van der Waals surface area (Å²) in [5.74, 6) is -5.58. The number of carbonyl (C=O) groups excluding carboxylic acids is 2. The number of halogens is 8. The maximum atomic E-state index is 13.2. The second kappa shape index (κ2) is 9.24. The van der Waals surface area contributed by atoms with Gasteiger partial charge in [-0.25, -0.2) is 0 Å². The monoisotopic (exact) mass is 572 g/mol. The first-order valence-electron chi connectivity index (χ1n) is 8.15. The van der Waals surface area contributed by atoms with E-state index in [9.17, 15) is 52.8 Å². The lowest BCUT2D eigenvalue weighted by Crippen LogP contribution is -2.54. The Kier molecular flexibility index (Phi) is 7.52. The van der Waals surface area contributed by atoms with Crippen molar-refractivity contribution < 1.29 is 52.8 Å². The molecule has 0 heterocycles. The zero-order chi connectivity index (χ0) is 26.3. The number of benzene rings is 2. The highest BCUT2D eigenvalue weighted by Crippen LogP contribution is 2.35. The Morgan fingerprint density at radius 3 is 1.03 bits per heavy atom. The Morgan fingerprint density at radius 2 is 0.824 bits per heavy atom. The highest BCUT2D eigenvalue weighted by molar-refractivity contribution is 7.95. The van der Waals surface area contributed by atoms with E-state index in [2.05, 4.69) is 0 Å². The van der Waals surface area contributed by atoms with E-state index in [1.165, 1.54) is 0 Å². The van der Waals surface area contributed by atoms with Crippen LogP contribution in [0, 0.1) is 0 Å². The van der Waals surface area contributed by atoms with Crippen LogP contribution in [-0.4, -0.2) is 39.7 Å². The largest absolute Gasteiger partial charge is 0.517 e. The normalized spacial score (nSPS) is 12.8. The van der Waals surface area contributed by atoms with E-state index in [0.717, 1.165) is 24.3 Å². The molecule has 0 aliphatic rings. The molecule has 0 radical (unpaired) electrons. The average molecular weight is 573 g/mol. The van der Waals surface area contributed by atoms with Crippen LogP contribution in [0.5, 0.6) is 0 Å². The predicted octanol–water partition coefficient (Wildman–Crippen LogP) is 4.06. The van der Waals surface area contributed by atoms with Gasteiger partial charge in [-0.3, -0.25) is 9.59 Å². The minimum absolute atomic E-state index is 0.158. The number of alkyl halides is 6. The van der Waals surface area contributed by atoms with Crippen molar-refractivity contribution in [3.05, 3.63) is 58.6 Å². The molecule has 0 aliphatic heterocycles. The average Bonchev–Trinajstić information content (AvgIpc) is 2.69. The van der Waals surface area contributed by atoms with Gasteiger partial charge in [0.25, 0.3) is 0 Å². The minimum Gasteiger partial charge on any atom is -0.262 e. The molecule has 2 amide bonds.